The van der Waals surface area contributed by atoms with E-state index in [1.807, 2.05) is 6.07 Å². The third-order valence-corrected chi connectivity index (χ3v) is 13.7. The van der Waals surface area contributed by atoms with Crippen LogP contribution < -0.4 is 31.3 Å². The topological polar surface area (TPSA) is 62.1 Å². The first-order valence-electron chi connectivity index (χ1n) is 13.9. The molecule has 1 N–H and O–H groups in total. The molecule has 0 heterocycles. The number of halogens is 2. The van der Waals surface area contributed by atoms with Crippen LogP contribution in [0.2, 0.25) is 5.02 Å². The summed E-state index contributed by atoms with van der Waals surface area (Å²) >= 11 is 6.48. The van der Waals surface area contributed by atoms with Gasteiger partial charge in [0.15, 0.2) is 0 Å². The number of alkyl halides is 2. The van der Waals surface area contributed by atoms with Crippen molar-refractivity contribution in [1.29, 1.82) is 5.26 Å². The molecule has 36 heavy (non-hydrogen) atoms. The molecule has 1 aromatic rings. The van der Waals surface area contributed by atoms with Gasteiger partial charge < -0.3 is 0 Å². The van der Waals surface area contributed by atoms with Gasteiger partial charge in [-0.2, -0.15) is 5.26 Å². The van der Waals surface area contributed by atoms with Gasteiger partial charge in [-0.25, -0.2) is 0 Å². The Kier molecular flexibility index (Phi) is 9.19. The molecule has 2 unspecified atom stereocenters. The molecule has 0 aromatic heterocycles. The maximum atomic E-state index is 13.5. The van der Waals surface area contributed by atoms with Crippen LogP contribution in [0.1, 0.15) is 104 Å². The van der Waals surface area contributed by atoms with E-state index >= 15 is 0 Å². The van der Waals surface area contributed by atoms with Crippen molar-refractivity contribution in [2.75, 3.05) is 0 Å². The van der Waals surface area contributed by atoms with Gasteiger partial charge in [0.1, 0.15) is 6.07 Å². The second kappa shape index (κ2) is 11.8. The molecule has 3 saturated carbocycles. The zero-order valence-corrected chi connectivity index (χ0v) is 25.3. The summed E-state index contributed by atoms with van der Waals surface area (Å²) in [7, 11) is 0. The molecule has 0 spiro atoms. The molecule has 1 aromatic carbocycles. The number of hydrogen-bond acceptors (Lipinski definition) is 3. The van der Waals surface area contributed by atoms with Crippen LogP contribution in [0, 0.1) is 28.1 Å². The first kappa shape index (κ1) is 28.0. The van der Waals surface area contributed by atoms with Gasteiger partial charge in [-0.05, 0) is 6.07 Å². The average Bonchev–Trinajstić information content (AvgIpc) is 3.24. The van der Waals surface area contributed by atoms with Crippen LogP contribution in [0.4, 0.5) is 0 Å². The van der Waals surface area contributed by atoms with E-state index in [4.69, 9.17) is 21.6 Å². The Morgan fingerprint density at radius 3 is 2.25 bits per heavy atom. The Balaban J connectivity index is 1.32. The number of carbonyl (C=O) groups is 1. The first-order chi connectivity index (χ1) is 17.1. The minimum Gasteiger partial charge on any atom is -0.192 e. The van der Waals surface area contributed by atoms with Gasteiger partial charge in [-0.3, -0.25) is 0 Å². The first-order valence-corrected chi connectivity index (χ1v) is 16.8. The quantitative estimate of drug-likeness (QED) is 0.292. The molecule has 0 aliphatic heterocycles. The molecule has 0 saturated heterocycles. The van der Waals surface area contributed by atoms with Gasteiger partial charge in [-0.15, -0.1) is 0 Å². The fourth-order valence-corrected chi connectivity index (χ4v) is 11.9. The summed E-state index contributed by atoms with van der Waals surface area (Å²) in [6, 6.07) is 7.37. The number of rotatable bonds is 6. The van der Waals surface area contributed by atoms with Crippen molar-refractivity contribution in [2.24, 2.45) is 16.7 Å². The number of nitrogens with one attached hydrogen (secondary N) is 1. The normalized spacial score (nSPS) is 30.3. The van der Waals surface area contributed by atoms with Crippen LogP contribution in [-0.2, 0) is 4.79 Å². The SMILES string of the molecule is CC1(C)C(NC(=O)C2CCCC([I-]C3CCCCCC3)CC2)C(C)(C)C1Oc1ccc(C#N)c(Cl)c1. The fraction of sp³-hybridized carbons (Fsp3) is 0.733. The minimum absolute atomic E-state index is 0.0498. The Hall–Kier alpha value is -1.00. The van der Waals surface area contributed by atoms with Gasteiger partial charge in [0.05, 0.1) is 10.6 Å². The van der Waals surface area contributed by atoms with Crippen LogP contribution in [0.5, 0.6) is 5.75 Å². The third-order valence-electron chi connectivity index (χ3n) is 8.85. The molecule has 6 heteroatoms. The van der Waals surface area contributed by atoms with Crippen molar-refractivity contribution in [3.8, 4) is 11.8 Å². The molecule has 3 aliphatic carbocycles. The molecular formula is C30H43ClIN2O2-. The molecule has 4 nitrogen and oxygen atoms in total. The Morgan fingerprint density at radius 2 is 1.61 bits per heavy atom. The van der Waals surface area contributed by atoms with Crippen molar-refractivity contribution < 1.29 is 30.7 Å². The van der Waals surface area contributed by atoms with Crippen LogP contribution in [-0.4, -0.2) is 25.9 Å². The number of ether oxygens (including phenoxy) is 1. The van der Waals surface area contributed by atoms with E-state index in [0.29, 0.717) is 16.3 Å². The maximum absolute atomic E-state index is 13.5. The summed E-state index contributed by atoms with van der Waals surface area (Å²) < 4.78 is 8.34. The summed E-state index contributed by atoms with van der Waals surface area (Å²) in [5.41, 5.74) is 0.0264. The van der Waals surface area contributed by atoms with Gasteiger partial charge in [0.25, 0.3) is 0 Å². The van der Waals surface area contributed by atoms with Crippen molar-refractivity contribution >= 4 is 17.5 Å². The summed E-state index contributed by atoms with van der Waals surface area (Å²) in [4.78, 5) is 13.5. The molecule has 0 radical (unpaired) electrons. The second-order valence-corrected chi connectivity index (χ2v) is 17.0. The zero-order valence-electron chi connectivity index (χ0n) is 22.4. The van der Waals surface area contributed by atoms with E-state index < -0.39 is 0 Å². The standard InChI is InChI=1S/C30H43ClIN2O2/c1-29(2)27(30(3,4)28(29)36-24-17-15-21(19-33)25(31)18-24)34-26(35)20-10-9-13-23(16-14-20)32-22-11-7-5-6-8-12-22/h15,17-18,20,22-23,27-28H,5-14,16H2,1-4H3,(H,34,35)/q-1. The smallest absolute Gasteiger partial charge is 0.192 e. The Morgan fingerprint density at radius 1 is 0.972 bits per heavy atom. The second-order valence-electron chi connectivity index (χ2n) is 12.4. The summed E-state index contributed by atoms with van der Waals surface area (Å²) in [5.74, 6) is 1.06. The van der Waals surface area contributed by atoms with Crippen LogP contribution in [0.15, 0.2) is 18.2 Å². The predicted molar refractivity (Wildman–Crippen MR) is 142 cm³/mol. The number of carbonyl (C=O) groups excluding carboxylic acids is 1. The van der Waals surface area contributed by atoms with E-state index in [1.165, 1.54) is 57.8 Å². The number of nitriles is 1. The Labute approximate surface area is 233 Å². The van der Waals surface area contributed by atoms with Crippen LogP contribution in [0.3, 0.4) is 0 Å². The van der Waals surface area contributed by atoms with Crippen LogP contribution >= 0.6 is 11.6 Å². The van der Waals surface area contributed by atoms with Gasteiger partial charge >= 0.3 is 195 Å². The van der Waals surface area contributed by atoms with Crippen molar-refractivity contribution in [1.82, 2.24) is 5.32 Å². The number of benzene rings is 1. The molecule has 200 valence electrons. The van der Waals surface area contributed by atoms with E-state index in [0.717, 1.165) is 20.7 Å². The molecular weight excluding hydrogens is 583 g/mol. The fourth-order valence-electron chi connectivity index (χ4n) is 7.11. The number of nitrogens with zero attached hydrogens (tertiary/aromatic N) is 1. The minimum atomic E-state index is -0.211. The third kappa shape index (κ3) is 6.17. The van der Waals surface area contributed by atoms with Gasteiger partial charge in [-0.1, -0.05) is 11.6 Å². The molecule has 2 atom stereocenters. The van der Waals surface area contributed by atoms with Crippen molar-refractivity contribution in [3.63, 3.8) is 0 Å². The average molecular weight is 626 g/mol. The van der Waals surface area contributed by atoms with Crippen molar-refractivity contribution in [3.05, 3.63) is 28.8 Å². The van der Waals surface area contributed by atoms with E-state index in [9.17, 15) is 4.79 Å². The number of hydrogen-bond donors (Lipinski definition) is 1. The summed E-state index contributed by atoms with van der Waals surface area (Å²) in [6.07, 6.45) is 14.5. The van der Waals surface area contributed by atoms with E-state index in [2.05, 4.69) is 39.1 Å². The predicted octanol–water partition coefficient (Wildman–Crippen LogP) is 4.27. The van der Waals surface area contributed by atoms with E-state index in [-0.39, 0.29) is 56.0 Å². The van der Waals surface area contributed by atoms with Crippen molar-refractivity contribution in [2.45, 2.75) is 118 Å². The molecule has 0 bridgehead atoms. The van der Waals surface area contributed by atoms with Gasteiger partial charge in [0, 0.05) is 0 Å². The molecule has 4 rings (SSSR count). The monoisotopic (exact) mass is 625 g/mol. The molecule has 1 amide bonds. The Bertz CT molecular complexity index is 948. The van der Waals surface area contributed by atoms with Crippen LogP contribution in [0.25, 0.3) is 0 Å². The molecule has 3 aliphatic rings. The van der Waals surface area contributed by atoms with Gasteiger partial charge in [0.2, 0.25) is 0 Å². The number of amides is 1. The summed E-state index contributed by atoms with van der Waals surface area (Å²) in [5, 5.41) is 13.0. The molecule has 3 fully saturated rings. The summed E-state index contributed by atoms with van der Waals surface area (Å²) in [6.45, 7) is 8.72. The van der Waals surface area contributed by atoms with E-state index in [1.54, 1.807) is 12.1 Å². The zero-order chi connectivity index (χ0) is 25.9.